The Hall–Kier alpha value is -1.22. The van der Waals surface area contributed by atoms with Gasteiger partial charge in [-0.1, -0.05) is 0 Å². The SMILES string of the molecule is N#CC[Se]C1(C#N)CC(c2ccc(Cl)cc2)=C(c2ccc(Cl)cc2)C[Se]1. The van der Waals surface area contributed by atoms with Crippen LogP contribution in [0.1, 0.15) is 17.5 Å². The van der Waals surface area contributed by atoms with Crippen molar-refractivity contribution in [1.29, 1.82) is 10.5 Å². The van der Waals surface area contributed by atoms with Crippen molar-refractivity contribution in [3.63, 3.8) is 0 Å². The number of allylic oxidation sites excluding steroid dienone is 2. The van der Waals surface area contributed by atoms with Gasteiger partial charge in [0.1, 0.15) is 0 Å². The second-order valence-corrected chi connectivity index (χ2v) is 13.3. The Balaban J connectivity index is 2.09. The summed E-state index contributed by atoms with van der Waals surface area (Å²) in [5, 5.41) is 21.7. The molecule has 0 N–H and O–H groups in total. The first-order valence-electron chi connectivity index (χ1n) is 7.87. The van der Waals surface area contributed by atoms with Gasteiger partial charge in [-0.3, -0.25) is 0 Å². The summed E-state index contributed by atoms with van der Waals surface area (Å²) in [5.41, 5.74) is 4.73. The molecule has 2 nitrogen and oxygen atoms in total. The van der Waals surface area contributed by atoms with Gasteiger partial charge in [0.05, 0.1) is 0 Å². The summed E-state index contributed by atoms with van der Waals surface area (Å²) >= 11 is 12.3. The molecule has 3 rings (SSSR count). The molecule has 1 heterocycles. The first-order valence-corrected chi connectivity index (χ1v) is 12.8. The molecule has 1 atom stereocenters. The van der Waals surface area contributed by atoms with Gasteiger partial charge in [0, 0.05) is 0 Å². The van der Waals surface area contributed by atoms with E-state index in [9.17, 15) is 5.26 Å². The molecular weight excluding hydrogens is 497 g/mol. The van der Waals surface area contributed by atoms with Crippen LogP contribution in [0.3, 0.4) is 0 Å². The molecule has 1 aliphatic heterocycles. The summed E-state index contributed by atoms with van der Waals surface area (Å²) in [6, 6.07) is 20.5. The minimum atomic E-state index is -0.360. The maximum absolute atomic E-state index is 9.88. The second kappa shape index (κ2) is 8.64. The van der Waals surface area contributed by atoms with Gasteiger partial charge >= 0.3 is 177 Å². The number of nitriles is 2. The van der Waals surface area contributed by atoms with E-state index in [0.717, 1.165) is 16.4 Å². The third-order valence-electron chi connectivity index (χ3n) is 4.15. The molecule has 0 aromatic heterocycles. The number of hydrogen-bond donors (Lipinski definition) is 0. The predicted octanol–water partition coefficient (Wildman–Crippen LogP) is 5.72. The summed E-state index contributed by atoms with van der Waals surface area (Å²) < 4.78 is -0.360. The van der Waals surface area contributed by atoms with Crippen molar-refractivity contribution < 1.29 is 0 Å². The van der Waals surface area contributed by atoms with Crippen molar-refractivity contribution >= 4 is 64.3 Å². The molecule has 0 saturated carbocycles. The first kappa shape index (κ1) is 19.5. The molecule has 6 heteroatoms. The summed E-state index contributed by atoms with van der Waals surface area (Å²) in [6.45, 7) is 0. The predicted molar refractivity (Wildman–Crippen MR) is 109 cm³/mol. The van der Waals surface area contributed by atoms with Crippen LogP contribution >= 0.6 is 23.2 Å². The Morgan fingerprint density at radius 2 is 1.46 bits per heavy atom. The van der Waals surface area contributed by atoms with Gasteiger partial charge in [-0.15, -0.1) is 0 Å². The average molecular weight is 511 g/mol. The topological polar surface area (TPSA) is 47.6 Å². The van der Waals surface area contributed by atoms with Crippen molar-refractivity contribution in [2.24, 2.45) is 0 Å². The molecule has 2 aromatic carbocycles. The molecule has 0 fully saturated rings. The van der Waals surface area contributed by atoms with Gasteiger partial charge in [-0.25, -0.2) is 0 Å². The summed E-state index contributed by atoms with van der Waals surface area (Å²) in [7, 11) is 0. The van der Waals surface area contributed by atoms with E-state index in [0.29, 0.717) is 21.8 Å². The van der Waals surface area contributed by atoms with Crippen molar-refractivity contribution in [2.45, 2.75) is 20.3 Å². The van der Waals surface area contributed by atoms with Crippen LogP contribution in [0.4, 0.5) is 0 Å². The van der Waals surface area contributed by atoms with E-state index in [1.54, 1.807) is 0 Å². The maximum atomic E-state index is 9.88. The Morgan fingerprint density at radius 3 is 1.96 bits per heavy atom. The Kier molecular flexibility index (Phi) is 6.50. The third kappa shape index (κ3) is 4.36. The number of rotatable bonds is 4. The number of benzene rings is 2. The molecule has 0 saturated heterocycles. The Labute approximate surface area is 176 Å². The summed E-state index contributed by atoms with van der Waals surface area (Å²) in [6.07, 6.45) is 0.699. The van der Waals surface area contributed by atoms with Crippen LogP contribution in [0.25, 0.3) is 11.1 Å². The molecule has 0 radical (unpaired) electrons. The first-order chi connectivity index (χ1) is 12.6. The molecular formula is C20H14Cl2N2Se2. The van der Waals surface area contributed by atoms with E-state index in [-0.39, 0.29) is 33.1 Å². The fourth-order valence-corrected chi connectivity index (χ4v) is 8.90. The van der Waals surface area contributed by atoms with Crippen LogP contribution in [0.15, 0.2) is 48.5 Å². The average Bonchev–Trinajstić information content (AvgIpc) is 2.68. The van der Waals surface area contributed by atoms with Crippen LogP contribution in [0.2, 0.25) is 23.9 Å². The third-order valence-corrected chi connectivity index (χ3v) is 11.7. The van der Waals surface area contributed by atoms with E-state index >= 15 is 0 Å². The van der Waals surface area contributed by atoms with Crippen molar-refractivity contribution in [2.75, 3.05) is 0 Å². The fraction of sp³-hybridized carbons (Fsp3) is 0.200. The monoisotopic (exact) mass is 512 g/mol. The van der Waals surface area contributed by atoms with E-state index in [1.165, 1.54) is 11.1 Å². The number of nitrogens with zero attached hydrogens (tertiary/aromatic N) is 2. The van der Waals surface area contributed by atoms with Gasteiger partial charge in [-0.05, 0) is 0 Å². The summed E-state index contributed by atoms with van der Waals surface area (Å²) in [4.78, 5) is 0. The van der Waals surface area contributed by atoms with Crippen LogP contribution < -0.4 is 0 Å². The molecule has 130 valence electrons. The van der Waals surface area contributed by atoms with E-state index < -0.39 is 0 Å². The molecule has 0 spiro atoms. The molecule has 1 unspecified atom stereocenters. The van der Waals surface area contributed by atoms with Crippen molar-refractivity contribution in [1.82, 2.24) is 0 Å². The van der Waals surface area contributed by atoms with Crippen LogP contribution in [0, 0.1) is 22.7 Å². The van der Waals surface area contributed by atoms with Crippen molar-refractivity contribution in [3.05, 3.63) is 69.7 Å². The molecule has 0 amide bonds. The van der Waals surface area contributed by atoms with Crippen LogP contribution in [-0.2, 0) is 0 Å². The van der Waals surface area contributed by atoms with Crippen LogP contribution in [0.5, 0.6) is 0 Å². The molecule has 26 heavy (non-hydrogen) atoms. The van der Waals surface area contributed by atoms with Gasteiger partial charge in [0.25, 0.3) is 0 Å². The Bertz CT molecular complexity index is 909. The quantitative estimate of drug-likeness (QED) is 0.494. The zero-order valence-corrected chi connectivity index (χ0v) is 18.6. The number of halogens is 2. The Morgan fingerprint density at radius 1 is 0.923 bits per heavy atom. The van der Waals surface area contributed by atoms with Crippen LogP contribution in [-0.4, -0.2) is 29.9 Å². The zero-order valence-electron chi connectivity index (χ0n) is 13.7. The van der Waals surface area contributed by atoms with Gasteiger partial charge in [0.2, 0.25) is 0 Å². The van der Waals surface area contributed by atoms with Crippen molar-refractivity contribution in [3.8, 4) is 12.1 Å². The number of hydrogen-bond acceptors (Lipinski definition) is 2. The van der Waals surface area contributed by atoms with Gasteiger partial charge in [-0.2, -0.15) is 0 Å². The van der Waals surface area contributed by atoms with E-state index in [2.05, 4.69) is 12.1 Å². The molecule has 0 aliphatic carbocycles. The van der Waals surface area contributed by atoms with E-state index in [4.69, 9.17) is 28.5 Å². The normalized spacial score (nSPS) is 19.7. The molecule has 0 bridgehead atoms. The standard InChI is InChI=1S/C20H14Cl2N2Se2/c21-16-5-1-14(2-6-16)18-11-20(13-24,25-10-9-23)26-12-19(18)15-3-7-17(22)8-4-15/h1-8H,10-12H2. The minimum absolute atomic E-state index is 0.000296. The zero-order chi connectivity index (χ0) is 18.6. The second-order valence-electron chi connectivity index (χ2n) is 5.75. The summed E-state index contributed by atoms with van der Waals surface area (Å²) in [5.74, 6) is 0. The van der Waals surface area contributed by atoms with E-state index in [1.807, 2.05) is 48.5 Å². The van der Waals surface area contributed by atoms with Gasteiger partial charge < -0.3 is 0 Å². The van der Waals surface area contributed by atoms with Gasteiger partial charge in [0.15, 0.2) is 0 Å². The molecule has 1 aliphatic rings. The molecule has 2 aromatic rings. The fourth-order valence-electron chi connectivity index (χ4n) is 2.85.